The topological polar surface area (TPSA) is 73.6 Å². The number of carbonyl (C=O) groups is 1. The molecule has 0 spiro atoms. The Labute approximate surface area is 170 Å². The molecule has 150 valence electrons. The maximum absolute atomic E-state index is 12.7. The number of furan rings is 1. The first kappa shape index (κ1) is 20.2. The van der Waals surface area contributed by atoms with Gasteiger partial charge in [-0.3, -0.25) is 9.78 Å². The van der Waals surface area contributed by atoms with Gasteiger partial charge >= 0.3 is 0 Å². The largest absolute Gasteiger partial charge is 0.497 e. The standard InChI is InChI=1S/C23H24N2O4/c1-4-5-20(16-10-12-24-13-11-16)25-23(26)22-9-7-19(29-22)15-17-14-18(27-2)6-8-21(17)28-3/h4,6-14,20H,1,5,15H2,2-3H3,(H,25,26). The molecule has 3 rings (SSSR count). The van der Waals surface area contributed by atoms with Crippen LogP contribution in [-0.2, 0) is 6.42 Å². The van der Waals surface area contributed by atoms with Crippen LogP contribution in [0.15, 0.2) is 71.9 Å². The van der Waals surface area contributed by atoms with Crippen molar-refractivity contribution in [3.63, 3.8) is 0 Å². The second-order valence-electron chi connectivity index (χ2n) is 6.45. The first-order valence-corrected chi connectivity index (χ1v) is 9.26. The van der Waals surface area contributed by atoms with Crippen molar-refractivity contribution in [2.24, 2.45) is 0 Å². The number of methoxy groups -OCH3 is 2. The number of carbonyl (C=O) groups excluding carboxylic acids is 1. The van der Waals surface area contributed by atoms with E-state index in [1.165, 1.54) is 0 Å². The number of hydrogen-bond donors (Lipinski definition) is 1. The van der Waals surface area contributed by atoms with Gasteiger partial charge in [-0.15, -0.1) is 6.58 Å². The van der Waals surface area contributed by atoms with Gasteiger partial charge in [-0.25, -0.2) is 0 Å². The fourth-order valence-corrected chi connectivity index (χ4v) is 3.07. The van der Waals surface area contributed by atoms with Crippen molar-refractivity contribution >= 4 is 5.91 Å². The van der Waals surface area contributed by atoms with Crippen LogP contribution in [0.2, 0.25) is 0 Å². The van der Waals surface area contributed by atoms with Crippen LogP contribution in [0.25, 0.3) is 0 Å². The molecular formula is C23H24N2O4. The number of ether oxygens (including phenoxy) is 2. The van der Waals surface area contributed by atoms with Gasteiger partial charge in [-0.2, -0.15) is 0 Å². The molecule has 0 saturated carbocycles. The monoisotopic (exact) mass is 392 g/mol. The molecule has 1 N–H and O–H groups in total. The summed E-state index contributed by atoms with van der Waals surface area (Å²) in [7, 11) is 3.23. The maximum atomic E-state index is 12.7. The third kappa shape index (κ3) is 5.04. The Bertz CT molecular complexity index is 966. The van der Waals surface area contributed by atoms with E-state index in [1.54, 1.807) is 44.8 Å². The number of hydrogen-bond acceptors (Lipinski definition) is 5. The van der Waals surface area contributed by atoms with E-state index in [9.17, 15) is 4.79 Å². The summed E-state index contributed by atoms with van der Waals surface area (Å²) in [5.74, 6) is 2.10. The fraction of sp³-hybridized carbons (Fsp3) is 0.217. The van der Waals surface area contributed by atoms with E-state index in [1.807, 2.05) is 30.3 Å². The Morgan fingerprint density at radius 1 is 1.17 bits per heavy atom. The van der Waals surface area contributed by atoms with Crippen molar-refractivity contribution < 1.29 is 18.7 Å². The molecule has 2 aromatic heterocycles. The third-order valence-electron chi connectivity index (χ3n) is 4.55. The average Bonchev–Trinajstić information content (AvgIpc) is 3.22. The molecule has 6 nitrogen and oxygen atoms in total. The van der Waals surface area contributed by atoms with Crippen molar-refractivity contribution in [2.45, 2.75) is 18.9 Å². The smallest absolute Gasteiger partial charge is 0.287 e. The highest BCUT2D eigenvalue weighted by molar-refractivity contribution is 5.91. The molecule has 1 aromatic carbocycles. The number of amides is 1. The Morgan fingerprint density at radius 3 is 2.66 bits per heavy atom. The van der Waals surface area contributed by atoms with Crippen LogP contribution in [0.3, 0.4) is 0 Å². The molecule has 3 aromatic rings. The molecular weight excluding hydrogens is 368 g/mol. The van der Waals surface area contributed by atoms with Gasteiger partial charge in [-0.05, 0) is 54.4 Å². The molecule has 29 heavy (non-hydrogen) atoms. The lowest BCUT2D eigenvalue weighted by atomic mass is 10.1. The second kappa shape index (κ2) is 9.59. The number of nitrogens with zero attached hydrogens (tertiary/aromatic N) is 1. The molecule has 0 aliphatic rings. The quantitative estimate of drug-likeness (QED) is 0.549. The summed E-state index contributed by atoms with van der Waals surface area (Å²) in [5, 5.41) is 2.99. The second-order valence-corrected chi connectivity index (χ2v) is 6.45. The van der Waals surface area contributed by atoms with E-state index in [0.717, 1.165) is 22.6 Å². The highest BCUT2D eigenvalue weighted by Crippen LogP contribution is 2.27. The van der Waals surface area contributed by atoms with Gasteiger partial charge in [0.05, 0.1) is 20.3 Å². The summed E-state index contributed by atoms with van der Waals surface area (Å²) in [6, 6.07) is 12.6. The van der Waals surface area contributed by atoms with E-state index in [-0.39, 0.29) is 17.7 Å². The van der Waals surface area contributed by atoms with Gasteiger partial charge in [0.1, 0.15) is 17.3 Å². The molecule has 1 unspecified atom stereocenters. The minimum Gasteiger partial charge on any atom is -0.497 e. The van der Waals surface area contributed by atoms with E-state index in [0.29, 0.717) is 18.6 Å². The van der Waals surface area contributed by atoms with Crippen LogP contribution >= 0.6 is 0 Å². The first-order chi connectivity index (χ1) is 14.1. The first-order valence-electron chi connectivity index (χ1n) is 9.26. The van der Waals surface area contributed by atoms with Gasteiger partial charge in [0, 0.05) is 24.4 Å². The van der Waals surface area contributed by atoms with Crippen molar-refractivity contribution in [3.8, 4) is 11.5 Å². The van der Waals surface area contributed by atoms with E-state index < -0.39 is 0 Å². The molecule has 0 aliphatic heterocycles. The maximum Gasteiger partial charge on any atom is 0.287 e. The van der Waals surface area contributed by atoms with Crippen LogP contribution in [0, 0.1) is 0 Å². The van der Waals surface area contributed by atoms with Gasteiger partial charge in [-0.1, -0.05) is 6.08 Å². The number of pyridine rings is 1. The summed E-state index contributed by atoms with van der Waals surface area (Å²) >= 11 is 0. The zero-order valence-electron chi connectivity index (χ0n) is 16.6. The third-order valence-corrected chi connectivity index (χ3v) is 4.55. The summed E-state index contributed by atoms with van der Waals surface area (Å²) in [4.78, 5) is 16.7. The van der Waals surface area contributed by atoms with Crippen molar-refractivity contribution in [1.29, 1.82) is 0 Å². The van der Waals surface area contributed by atoms with Crippen molar-refractivity contribution in [1.82, 2.24) is 10.3 Å². The lowest BCUT2D eigenvalue weighted by Crippen LogP contribution is -2.28. The number of aromatic nitrogens is 1. The molecule has 0 radical (unpaired) electrons. The van der Waals surface area contributed by atoms with Crippen LogP contribution in [-0.4, -0.2) is 25.1 Å². The number of nitrogens with one attached hydrogen (secondary N) is 1. The van der Waals surface area contributed by atoms with E-state index in [4.69, 9.17) is 13.9 Å². The van der Waals surface area contributed by atoms with E-state index in [2.05, 4.69) is 16.9 Å². The molecule has 0 saturated heterocycles. The molecule has 0 bridgehead atoms. The minimum absolute atomic E-state index is 0.199. The van der Waals surface area contributed by atoms with E-state index >= 15 is 0 Å². The summed E-state index contributed by atoms with van der Waals surface area (Å²) in [6.07, 6.45) is 6.25. The summed E-state index contributed by atoms with van der Waals surface area (Å²) < 4.78 is 16.5. The zero-order chi connectivity index (χ0) is 20.6. The van der Waals surface area contributed by atoms with Crippen molar-refractivity contribution in [2.75, 3.05) is 14.2 Å². The van der Waals surface area contributed by atoms with Gasteiger partial charge in [0.25, 0.3) is 5.91 Å². The molecule has 1 atom stereocenters. The molecule has 2 heterocycles. The molecule has 1 amide bonds. The normalized spacial score (nSPS) is 11.5. The van der Waals surface area contributed by atoms with Gasteiger partial charge < -0.3 is 19.2 Å². The molecule has 0 fully saturated rings. The summed E-state index contributed by atoms with van der Waals surface area (Å²) in [6.45, 7) is 3.77. The highest BCUT2D eigenvalue weighted by Gasteiger charge is 2.18. The lowest BCUT2D eigenvalue weighted by Gasteiger charge is -2.16. The predicted molar refractivity (Wildman–Crippen MR) is 110 cm³/mol. The Balaban J connectivity index is 1.74. The van der Waals surface area contributed by atoms with Gasteiger partial charge in [0.15, 0.2) is 5.76 Å². The summed E-state index contributed by atoms with van der Waals surface area (Å²) in [5.41, 5.74) is 1.87. The lowest BCUT2D eigenvalue weighted by molar-refractivity contribution is 0.0907. The highest BCUT2D eigenvalue weighted by atomic mass is 16.5. The van der Waals surface area contributed by atoms with Crippen LogP contribution in [0.5, 0.6) is 11.5 Å². The van der Waals surface area contributed by atoms with Crippen LogP contribution < -0.4 is 14.8 Å². The minimum atomic E-state index is -0.280. The number of rotatable bonds is 9. The van der Waals surface area contributed by atoms with Crippen molar-refractivity contribution in [3.05, 3.63) is 90.2 Å². The molecule has 6 heteroatoms. The van der Waals surface area contributed by atoms with Crippen LogP contribution in [0.1, 0.15) is 39.9 Å². The average molecular weight is 392 g/mol. The fourth-order valence-electron chi connectivity index (χ4n) is 3.07. The Morgan fingerprint density at radius 2 is 1.97 bits per heavy atom. The molecule has 0 aliphatic carbocycles. The van der Waals surface area contributed by atoms with Gasteiger partial charge in [0.2, 0.25) is 0 Å². The predicted octanol–water partition coefficient (Wildman–Crippen LogP) is 4.33. The SMILES string of the molecule is C=CCC(NC(=O)c1ccc(Cc2cc(OC)ccc2OC)o1)c1ccncc1. The van der Waals surface area contributed by atoms with Crippen LogP contribution in [0.4, 0.5) is 0 Å². The Kier molecular flexibility index (Phi) is 6.68. The zero-order valence-corrected chi connectivity index (χ0v) is 16.6. The Hall–Kier alpha value is -3.54. The number of benzene rings is 1.